The highest BCUT2D eigenvalue weighted by Crippen LogP contribution is 2.07. The fourth-order valence-corrected chi connectivity index (χ4v) is 2.89. The fraction of sp³-hybridized carbons (Fsp3) is 0.783. The third kappa shape index (κ3) is 16.7. The lowest BCUT2D eigenvalue weighted by Crippen LogP contribution is -2.45. The largest absolute Gasteiger partial charge is 0.394 e. The summed E-state index contributed by atoms with van der Waals surface area (Å²) in [6.07, 6.45) is 21.1. The topological polar surface area (TPSA) is 69.6 Å². The van der Waals surface area contributed by atoms with Crippen molar-refractivity contribution in [3.63, 3.8) is 0 Å². The Labute approximate surface area is 167 Å². The Morgan fingerprint density at radius 2 is 1.44 bits per heavy atom. The van der Waals surface area contributed by atoms with Gasteiger partial charge in [0.25, 0.3) is 0 Å². The van der Waals surface area contributed by atoms with Gasteiger partial charge in [0.15, 0.2) is 0 Å². The summed E-state index contributed by atoms with van der Waals surface area (Å²) in [6.45, 7) is 4.13. The van der Waals surface area contributed by atoms with Crippen LogP contribution < -0.4 is 5.32 Å². The highest BCUT2D eigenvalue weighted by Gasteiger charge is 2.17. The van der Waals surface area contributed by atoms with Crippen LogP contribution in [0.1, 0.15) is 97.3 Å². The van der Waals surface area contributed by atoms with Crippen molar-refractivity contribution in [1.29, 1.82) is 0 Å². The average Bonchev–Trinajstić information content (AvgIpc) is 2.67. The molecule has 0 fully saturated rings. The molecule has 0 bridgehead atoms. The lowest BCUT2D eigenvalue weighted by atomic mass is 10.1. The highest BCUT2D eigenvalue weighted by molar-refractivity contribution is 5.76. The van der Waals surface area contributed by atoms with E-state index in [4.69, 9.17) is 0 Å². The van der Waals surface area contributed by atoms with Gasteiger partial charge >= 0.3 is 0 Å². The number of carbonyl (C=O) groups is 1. The van der Waals surface area contributed by atoms with Crippen LogP contribution in [0.3, 0.4) is 0 Å². The molecule has 3 N–H and O–H groups in total. The van der Waals surface area contributed by atoms with Gasteiger partial charge in [0.1, 0.15) is 0 Å². The van der Waals surface area contributed by atoms with Gasteiger partial charge < -0.3 is 15.5 Å². The Kier molecular flexibility index (Phi) is 18.8. The summed E-state index contributed by atoms with van der Waals surface area (Å²) in [6, 6.07) is -0.626. The van der Waals surface area contributed by atoms with Crippen LogP contribution >= 0.6 is 0 Å². The van der Waals surface area contributed by atoms with Crippen molar-refractivity contribution >= 4 is 5.91 Å². The van der Waals surface area contributed by atoms with E-state index in [1.165, 1.54) is 44.9 Å². The molecule has 0 rings (SSSR count). The van der Waals surface area contributed by atoms with Gasteiger partial charge in [-0.2, -0.15) is 0 Å². The molecule has 0 aromatic carbocycles. The van der Waals surface area contributed by atoms with Crippen molar-refractivity contribution in [2.24, 2.45) is 0 Å². The zero-order valence-electron chi connectivity index (χ0n) is 17.7. The molecule has 2 unspecified atom stereocenters. The number of aliphatic hydroxyl groups is 2. The van der Waals surface area contributed by atoms with E-state index in [0.717, 1.165) is 32.1 Å². The van der Waals surface area contributed by atoms with Crippen molar-refractivity contribution in [2.75, 3.05) is 6.61 Å². The number of amides is 1. The van der Waals surface area contributed by atoms with Crippen molar-refractivity contribution in [1.82, 2.24) is 5.32 Å². The van der Waals surface area contributed by atoms with Crippen molar-refractivity contribution < 1.29 is 15.0 Å². The predicted octanol–water partition coefficient (Wildman–Crippen LogP) is 5.05. The molecule has 0 aromatic rings. The minimum absolute atomic E-state index is 0.0907. The Hall–Kier alpha value is -1.13. The summed E-state index contributed by atoms with van der Waals surface area (Å²) in [5, 5.41) is 22.3. The van der Waals surface area contributed by atoms with Crippen molar-refractivity contribution in [2.45, 2.75) is 109 Å². The molecule has 0 aromatic heterocycles. The molecule has 0 spiro atoms. The van der Waals surface area contributed by atoms with Crippen LogP contribution in [0.15, 0.2) is 24.3 Å². The molecule has 0 radical (unpaired) electrons. The van der Waals surface area contributed by atoms with E-state index in [1.807, 2.05) is 6.08 Å². The molecule has 2 atom stereocenters. The number of aliphatic hydroxyl groups excluding tert-OH is 2. The predicted molar refractivity (Wildman–Crippen MR) is 115 cm³/mol. The molecule has 0 saturated heterocycles. The molecule has 158 valence electrons. The van der Waals surface area contributed by atoms with Gasteiger partial charge in [0.2, 0.25) is 5.91 Å². The molecular formula is C23H43NO3. The van der Waals surface area contributed by atoms with Crippen molar-refractivity contribution in [3.8, 4) is 0 Å². The standard InChI is InChI=1S/C23H43NO3/c1-3-5-7-9-11-12-13-14-16-18-22(26)21(20-25)24-23(27)19-17-15-10-8-6-4-2/h11-12,16,18,21-22,25-26H,3-10,13-15,17,19-20H2,1-2H3,(H,24,27)/b12-11+,18-16+. The number of rotatable bonds is 18. The molecule has 0 heterocycles. The summed E-state index contributed by atoms with van der Waals surface area (Å²) in [5.74, 6) is -0.0907. The molecule has 4 heteroatoms. The first-order valence-electron chi connectivity index (χ1n) is 11.1. The quantitative estimate of drug-likeness (QED) is 0.230. The third-order valence-electron chi connectivity index (χ3n) is 4.69. The fourth-order valence-electron chi connectivity index (χ4n) is 2.89. The molecule has 0 aliphatic carbocycles. The normalized spacial score (nSPS) is 14.1. The molecule has 4 nitrogen and oxygen atoms in total. The van der Waals surface area contributed by atoms with Gasteiger partial charge in [-0.15, -0.1) is 0 Å². The maximum Gasteiger partial charge on any atom is 0.220 e. The second-order valence-electron chi connectivity index (χ2n) is 7.34. The lowest BCUT2D eigenvalue weighted by molar-refractivity contribution is -0.123. The van der Waals surface area contributed by atoms with E-state index in [2.05, 4.69) is 31.3 Å². The van der Waals surface area contributed by atoms with Gasteiger partial charge in [-0.05, 0) is 32.1 Å². The van der Waals surface area contributed by atoms with Crippen LogP contribution in [0.5, 0.6) is 0 Å². The average molecular weight is 382 g/mol. The smallest absolute Gasteiger partial charge is 0.220 e. The van der Waals surface area contributed by atoms with Gasteiger partial charge in [0, 0.05) is 6.42 Å². The third-order valence-corrected chi connectivity index (χ3v) is 4.69. The second kappa shape index (κ2) is 19.6. The van der Waals surface area contributed by atoms with E-state index in [1.54, 1.807) is 6.08 Å². The first-order chi connectivity index (χ1) is 13.2. The number of unbranched alkanes of at least 4 members (excludes halogenated alkanes) is 9. The zero-order valence-corrected chi connectivity index (χ0v) is 17.7. The SMILES string of the molecule is CCCCC/C=C/CC/C=C/C(O)C(CO)NC(=O)CCCCCCCC. The van der Waals surface area contributed by atoms with E-state index in [0.29, 0.717) is 6.42 Å². The molecule has 0 aliphatic rings. The summed E-state index contributed by atoms with van der Waals surface area (Å²) in [7, 11) is 0. The molecule has 0 saturated carbocycles. The van der Waals surface area contributed by atoms with Crippen LogP contribution in [0, 0.1) is 0 Å². The zero-order chi connectivity index (χ0) is 20.2. The molecule has 0 aliphatic heterocycles. The van der Waals surface area contributed by atoms with Gasteiger partial charge in [-0.25, -0.2) is 0 Å². The van der Waals surface area contributed by atoms with Crippen molar-refractivity contribution in [3.05, 3.63) is 24.3 Å². The van der Waals surface area contributed by atoms with Gasteiger partial charge in [0.05, 0.1) is 18.8 Å². The van der Waals surface area contributed by atoms with Crippen LogP contribution in [-0.2, 0) is 4.79 Å². The highest BCUT2D eigenvalue weighted by atomic mass is 16.3. The van der Waals surface area contributed by atoms with Crippen LogP contribution in [0.2, 0.25) is 0 Å². The second-order valence-corrected chi connectivity index (χ2v) is 7.34. The number of allylic oxidation sites excluding steroid dienone is 3. The summed E-state index contributed by atoms with van der Waals surface area (Å²) in [5.41, 5.74) is 0. The Balaban J connectivity index is 3.91. The number of nitrogens with one attached hydrogen (secondary N) is 1. The molecule has 1 amide bonds. The van der Waals surface area contributed by atoms with Crippen LogP contribution in [-0.4, -0.2) is 34.9 Å². The minimum atomic E-state index is -0.850. The Morgan fingerprint density at radius 3 is 2.15 bits per heavy atom. The monoisotopic (exact) mass is 381 g/mol. The number of hydrogen-bond acceptors (Lipinski definition) is 3. The summed E-state index contributed by atoms with van der Waals surface area (Å²) in [4.78, 5) is 12.0. The Bertz CT molecular complexity index is 393. The van der Waals surface area contributed by atoms with E-state index in [-0.39, 0.29) is 12.5 Å². The van der Waals surface area contributed by atoms with Gasteiger partial charge in [-0.3, -0.25) is 4.79 Å². The number of hydrogen-bond donors (Lipinski definition) is 3. The van der Waals surface area contributed by atoms with Crippen LogP contribution in [0.25, 0.3) is 0 Å². The first-order valence-corrected chi connectivity index (χ1v) is 11.1. The number of carbonyl (C=O) groups excluding carboxylic acids is 1. The van der Waals surface area contributed by atoms with Gasteiger partial charge in [-0.1, -0.05) is 83.1 Å². The van der Waals surface area contributed by atoms with Crippen LogP contribution in [0.4, 0.5) is 0 Å². The van der Waals surface area contributed by atoms with E-state index < -0.39 is 12.1 Å². The van der Waals surface area contributed by atoms with E-state index in [9.17, 15) is 15.0 Å². The molecule has 27 heavy (non-hydrogen) atoms. The summed E-state index contributed by atoms with van der Waals surface area (Å²) >= 11 is 0. The first kappa shape index (κ1) is 25.9. The lowest BCUT2D eigenvalue weighted by Gasteiger charge is -2.19. The Morgan fingerprint density at radius 1 is 0.852 bits per heavy atom. The van der Waals surface area contributed by atoms with E-state index >= 15 is 0 Å². The summed E-state index contributed by atoms with van der Waals surface area (Å²) < 4.78 is 0. The molecular weight excluding hydrogens is 338 g/mol. The maximum atomic E-state index is 12.0. The maximum absolute atomic E-state index is 12.0. The minimum Gasteiger partial charge on any atom is -0.394 e.